The lowest BCUT2D eigenvalue weighted by Crippen LogP contribution is -1.92. The van der Waals surface area contributed by atoms with Crippen LogP contribution >= 0.6 is 23.2 Å². The van der Waals surface area contributed by atoms with Crippen LogP contribution in [0.1, 0.15) is 5.56 Å². The highest BCUT2D eigenvalue weighted by Crippen LogP contribution is 2.24. The van der Waals surface area contributed by atoms with Crippen LogP contribution in [0, 0.1) is 5.82 Å². The Hall–Kier alpha value is -0.570. The summed E-state index contributed by atoms with van der Waals surface area (Å²) in [7, 11) is 0. The fraction of sp³-hybridized carbons (Fsp3) is 0.111. The first-order chi connectivity index (χ1) is 6.15. The largest absolute Gasteiger partial charge is 0.327 e. The van der Waals surface area contributed by atoms with Crippen LogP contribution in [0.25, 0.3) is 6.08 Å². The van der Waals surface area contributed by atoms with Gasteiger partial charge in [-0.1, -0.05) is 35.4 Å². The molecule has 4 heteroatoms. The van der Waals surface area contributed by atoms with Crippen LogP contribution in [-0.4, -0.2) is 6.54 Å². The van der Waals surface area contributed by atoms with Crippen molar-refractivity contribution in [2.75, 3.05) is 6.54 Å². The van der Waals surface area contributed by atoms with Crippen LogP contribution < -0.4 is 5.73 Å². The van der Waals surface area contributed by atoms with Gasteiger partial charge in [0.2, 0.25) is 0 Å². The van der Waals surface area contributed by atoms with Crippen LogP contribution in [-0.2, 0) is 0 Å². The van der Waals surface area contributed by atoms with Gasteiger partial charge in [0, 0.05) is 11.6 Å². The average molecular weight is 220 g/mol. The van der Waals surface area contributed by atoms with E-state index < -0.39 is 5.82 Å². The van der Waals surface area contributed by atoms with E-state index in [1.54, 1.807) is 12.2 Å². The molecule has 13 heavy (non-hydrogen) atoms. The lowest BCUT2D eigenvalue weighted by molar-refractivity contribution is 0.628. The zero-order valence-electron chi connectivity index (χ0n) is 6.73. The van der Waals surface area contributed by atoms with E-state index in [0.717, 1.165) is 0 Å². The standard InChI is InChI=1S/C9H8Cl2FN/c10-7-5-8(11)9(12)4-6(7)2-1-3-13/h1-2,4-5H,3,13H2. The fourth-order valence-electron chi connectivity index (χ4n) is 0.861. The molecule has 1 aromatic carbocycles. The predicted octanol–water partition coefficient (Wildman–Crippen LogP) is 3.10. The number of hydrogen-bond donors (Lipinski definition) is 1. The van der Waals surface area contributed by atoms with Crippen molar-refractivity contribution < 1.29 is 4.39 Å². The topological polar surface area (TPSA) is 26.0 Å². The Balaban J connectivity index is 3.08. The summed E-state index contributed by atoms with van der Waals surface area (Å²) in [6.45, 7) is 0.389. The van der Waals surface area contributed by atoms with Crippen molar-refractivity contribution in [1.29, 1.82) is 0 Å². The molecule has 1 rings (SSSR count). The maximum absolute atomic E-state index is 12.9. The molecule has 0 bridgehead atoms. The minimum Gasteiger partial charge on any atom is -0.327 e. The van der Waals surface area contributed by atoms with Gasteiger partial charge in [-0.2, -0.15) is 0 Å². The van der Waals surface area contributed by atoms with Crippen molar-refractivity contribution in [3.05, 3.63) is 39.6 Å². The van der Waals surface area contributed by atoms with E-state index in [9.17, 15) is 4.39 Å². The van der Waals surface area contributed by atoms with Crippen LogP contribution in [0.4, 0.5) is 4.39 Å². The normalized spacial score (nSPS) is 11.1. The molecule has 0 aliphatic heterocycles. The number of halogens is 3. The molecule has 0 spiro atoms. The summed E-state index contributed by atoms with van der Waals surface area (Å²) in [4.78, 5) is 0. The molecule has 0 heterocycles. The smallest absolute Gasteiger partial charge is 0.142 e. The van der Waals surface area contributed by atoms with Gasteiger partial charge in [-0.3, -0.25) is 0 Å². The fourth-order valence-corrected chi connectivity index (χ4v) is 1.31. The summed E-state index contributed by atoms with van der Waals surface area (Å²) < 4.78 is 12.9. The van der Waals surface area contributed by atoms with Gasteiger partial charge in [0.15, 0.2) is 0 Å². The lowest BCUT2D eigenvalue weighted by atomic mass is 10.2. The van der Waals surface area contributed by atoms with E-state index in [-0.39, 0.29) is 5.02 Å². The van der Waals surface area contributed by atoms with Crippen LogP contribution in [0.2, 0.25) is 10.0 Å². The molecule has 0 aromatic heterocycles. The summed E-state index contributed by atoms with van der Waals surface area (Å²) in [6.07, 6.45) is 3.34. The Morgan fingerprint density at radius 3 is 2.62 bits per heavy atom. The van der Waals surface area contributed by atoms with Crippen molar-refractivity contribution in [1.82, 2.24) is 0 Å². The van der Waals surface area contributed by atoms with Gasteiger partial charge < -0.3 is 5.73 Å². The van der Waals surface area contributed by atoms with Gasteiger partial charge in [0.05, 0.1) is 5.02 Å². The van der Waals surface area contributed by atoms with Crippen molar-refractivity contribution >= 4 is 29.3 Å². The highest BCUT2D eigenvalue weighted by molar-refractivity contribution is 6.35. The first-order valence-corrected chi connectivity index (χ1v) is 4.42. The number of rotatable bonds is 2. The molecule has 0 unspecified atom stereocenters. The molecule has 0 aliphatic rings. The van der Waals surface area contributed by atoms with Crippen LogP contribution in [0.3, 0.4) is 0 Å². The monoisotopic (exact) mass is 219 g/mol. The predicted molar refractivity (Wildman–Crippen MR) is 54.5 cm³/mol. The van der Waals surface area contributed by atoms with E-state index in [0.29, 0.717) is 17.1 Å². The molecule has 0 fully saturated rings. The van der Waals surface area contributed by atoms with E-state index in [2.05, 4.69) is 0 Å². The second kappa shape index (κ2) is 4.61. The molecular formula is C9H8Cl2FN. The van der Waals surface area contributed by atoms with Crippen LogP contribution in [0.5, 0.6) is 0 Å². The molecule has 0 atom stereocenters. The molecule has 0 saturated heterocycles. The Kier molecular flexibility index (Phi) is 3.72. The van der Waals surface area contributed by atoms with E-state index in [1.807, 2.05) is 0 Å². The summed E-state index contributed by atoms with van der Waals surface area (Å²) in [6, 6.07) is 2.64. The Labute approximate surface area is 85.9 Å². The van der Waals surface area contributed by atoms with Gasteiger partial charge in [0.1, 0.15) is 5.82 Å². The molecule has 1 nitrogen and oxygen atoms in total. The van der Waals surface area contributed by atoms with Crippen LogP contribution in [0.15, 0.2) is 18.2 Å². The summed E-state index contributed by atoms with van der Waals surface area (Å²) in [5.74, 6) is -0.484. The van der Waals surface area contributed by atoms with E-state index >= 15 is 0 Å². The summed E-state index contributed by atoms with van der Waals surface area (Å²) >= 11 is 11.3. The zero-order valence-corrected chi connectivity index (χ0v) is 8.24. The third kappa shape index (κ3) is 2.69. The minimum atomic E-state index is -0.484. The Bertz CT molecular complexity index is 337. The van der Waals surface area contributed by atoms with Gasteiger partial charge in [-0.05, 0) is 17.7 Å². The highest BCUT2D eigenvalue weighted by atomic mass is 35.5. The van der Waals surface area contributed by atoms with Gasteiger partial charge in [-0.25, -0.2) is 4.39 Å². The molecular weight excluding hydrogens is 212 g/mol. The first-order valence-electron chi connectivity index (χ1n) is 3.66. The quantitative estimate of drug-likeness (QED) is 0.761. The zero-order chi connectivity index (χ0) is 9.84. The van der Waals surface area contributed by atoms with Crippen molar-refractivity contribution in [3.8, 4) is 0 Å². The molecule has 2 N–H and O–H groups in total. The van der Waals surface area contributed by atoms with E-state index in [4.69, 9.17) is 28.9 Å². The van der Waals surface area contributed by atoms with Crippen molar-refractivity contribution in [2.45, 2.75) is 0 Å². The Morgan fingerprint density at radius 1 is 1.31 bits per heavy atom. The van der Waals surface area contributed by atoms with E-state index in [1.165, 1.54) is 12.1 Å². The first kappa shape index (κ1) is 10.5. The maximum atomic E-state index is 12.9. The summed E-state index contributed by atoms with van der Waals surface area (Å²) in [5, 5.41) is 0.436. The van der Waals surface area contributed by atoms with Gasteiger partial charge in [0.25, 0.3) is 0 Å². The van der Waals surface area contributed by atoms with Gasteiger partial charge >= 0.3 is 0 Å². The van der Waals surface area contributed by atoms with Crippen molar-refractivity contribution in [3.63, 3.8) is 0 Å². The van der Waals surface area contributed by atoms with Gasteiger partial charge in [-0.15, -0.1) is 0 Å². The maximum Gasteiger partial charge on any atom is 0.142 e. The number of nitrogens with two attached hydrogens (primary N) is 1. The van der Waals surface area contributed by atoms with Crippen molar-refractivity contribution in [2.24, 2.45) is 5.73 Å². The highest BCUT2D eigenvalue weighted by Gasteiger charge is 2.03. The molecule has 0 saturated carbocycles. The number of hydrogen-bond acceptors (Lipinski definition) is 1. The second-order valence-electron chi connectivity index (χ2n) is 2.43. The minimum absolute atomic E-state index is 0.0231. The molecule has 0 radical (unpaired) electrons. The Morgan fingerprint density at radius 2 is 2.00 bits per heavy atom. The molecule has 70 valence electrons. The molecule has 0 amide bonds. The average Bonchev–Trinajstić information content (AvgIpc) is 2.09. The molecule has 1 aromatic rings. The molecule has 0 aliphatic carbocycles. The SMILES string of the molecule is NCC=Cc1cc(F)c(Cl)cc1Cl. The second-order valence-corrected chi connectivity index (χ2v) is 3.24. The number of benzene rings is 1. The third-order valence-corrected chi connectivity index (χ3v) is 2.09. The third-order valence-electron chi connectivity index (χ3n) is 1.47. The lowest BCUT2D eigenvalue weighted by Gasteiger charge is -2.00. The summed E-state index contributed by atoms with van der Waals surface area (Å²) in [5.41, 5.74) is 5.82.